The Kier molecular flexibility index (Phi) is 7.91. The normalized spacial score (nSPS) is 11.6. The highest BCUT2D eigenvalue weighted by Gasteiger charge is 2.18. The van der Waals surface area contributed by atoms with E-state index in [1.54, 1.807) is 32.0 Å². The van der Waals surface area contributed by atoms with E-state index in [1.165, 1.54) is 54.6 Å². The van der Waals surface area contributed by atoms with Crippen LogP contribution in [-0.2, 0) is 20.0 Å². The Labute approximate surface area is 231 Å². The van der Waals surface area contributed by atoms with Gasteiger partial charge in [-0.25, -0.2) is 31.5 Å². The van der Waals surface area contributed by atoms with Crippen molar-refractivity contribution in [1.82, 2.24) is 9.97 Å². The molecule has 1 amide bonds. The van der Waals surface area contributed by atoms with Crippen molar-refractivity contribution < 1.29 is 21.6 Å². The number of nitrogens with zero attached hydrogens (tertiary/aromatic N) is 2. The molecule has 0 aliphatic heterocycles. The third-order valence-electron chi connectivity index (χ3n) is 5.44. The zero-order valence-corrected chi connectivity index (χ0v) is 23.4. The van der Waals surface area contributed by atoms with Crippen LogP contribution in [0.2, 0.25) is 5.02 Å². The zero-order valence-electron chi connectivity index (χ0n) is 21.1. The maximum atomic E-state index is 12.7. The van der Waals surface area contributed by atoms with Gasteiger partial charge in [0.15, 0.2) is 0 Å². The Morgan fingerprint density at radius 3 is 1.82 bits per heavy atom. The molecule has 1 aromatic heterocycles. The fraction of sp³-hybridized carbons (Fsp3) is 0.115. The van der Waals surface area contributed by atoms with Crippen molar-refractivity contribution in [2.45, 2.75) is 30.6 Å². The Morgan fingerprint density at radius 2 is 1.26 bits per heavy atom. The Balaban J connectivity index is 1.44. The van der Waals surface area contributed by atoms with E-state index < -0.39 is 26.0 Å². The molecule has 202 valence electrons. The van der Waals surface area contributed by atoms with E-state index >= 15 is 0 Å². The number of hydrogen-bond donors (Lipinski definition) is 3. The van der Waals surface area contributed by atoms with Crippen molar-refractivity contribution in [2.24, 2.45) is 0 Å². The van der Waals surface area contributed by atoms with Gasteiger partial charge in [0.2, 0.25) is 5.95 Å². The minimum atomic E-state index is -3.95. The van der Waals surface area contributed by atoms with Crippen LogP contribution in [0.15, 0.2) is 82.6 Å². The molecular weight excluding hydrogens is 562 g/mol. The summed E-state index contributed by atoms with van der Waals surface area (Å²) in [6.45, 7) is 5.31. The lowest BCUT2D eigenvalue weighted by Crippen LogP contribution is -2.16. The molecule has 10 nitrogen and oxygen atoms in total. The highest BCUT2D eigenvalue weighted by Crippen LogP contribution is 2.27. The van der Waals surface area contributed by atoms with Crippen molar-refractivity contribution in [3.05, 3.63) is 100 Å². The molecule has 0 atom stereocenters. The lowest BCUT2D eigenvalue weighted by atomic mass is 10.2. The van der Waals surface area contributed by atoms with Gasteiger partial charge in [0.25, 0.3) is 26.0 Å². The van der Waals surface area contributed by atoms with Crippen LogP contribution in [-0.4, -0.2) is 32.7 Å². The summed E-state index contributed by atoms with van der Waals surface area (Å²) in [5.41, 5.74) is 2.78. The quantitative estimate of drug-likeness (QED) is 0.266. The van der Waals surface area contributed by atoms with Gasteiger partial charge in [-0.15, -0.1) is 0 Å². The molecule has 3 aromatic carbocycles. The number of aromatic nitrogens is 2. The highest BCUT2D eigenvalue weighted by molar-refractivity contribution is 7.93. The molecule has 0 aliphatic carbocycles. The van der Waals surface area contributed by atoms with E-state index in [0.717, 1.165) is 5.56 Å². The average Bonchev–Trinajstić information content (AvgIpc) is 2.85. The average molecular weight is 586 g/mol. The number of anilines is 3. The van der Waals surface area contributed by atoms with E-state index in [9.17, 15) is 21.6 Å². The predicted octanol–water partition coefficient (Wildman–Crippen LogP) is 4.91. The SMILES string of the molecule is Cc1ccc(S(=O)(=O)Nc2ccc(C(=O)Nc3ccc(S(=O)(=O)Nc4nc(C)cc(C)n4)cc3)cc2Cl)cc1. The highest BCUT2D eigenvalue weighted by atomic mass is 35.5. The molecule has 0 fully saturated rings. The number of halogens is 1. The summed E-state index contributed by atoms with van der Waals surface area (Å²) in [5, 5.41) is 2.68. The maximum absolute atomic E-state index is 12.7. The molecule has 0 bridgehead atoms. The molecule has 1 heterocycles. The van der Waals surface area contributed by atoms with Gasteiger partial charge in [-0.05, 0) is 81.4 Å². The number of aryl methyl sites for hydroxylation is 3. The smallest absolute Gasteiger partial charge is 0.264 e. The molecule has 0 spiro atoms. The van der Waals surface area contributed by atoms with E-state index in [-0.39, 0.29) is 32.0 Å². The maximum Gasteiger partial charge on any atom is 0.264 e. The summed E-state index contributed by atoms with van der Waals surface area (Å²) in [4.78, 5) is 20.9. The van der Waals surface area contributed by atoms with Gasteiger partial charge in [0, 0.05) is 22.6 Å². The van der Waals surface area contributed by atoms with Gasteiger partial charge in [0.05, 0.1) is 20.5 Å². The monoisotopic (exact) mass is 585 g/mol. The predicted molar refractivity (Wildman–Crippen MR) is 150 cm³/mol. The number of carbonyl (C=O) groups excluding carboxylic acids is 1. The molecule has 13 heteroatoms. The summed E-state index contributed by atoms with van der Waals surface area (Å²) in [6, 6.07) is 17.7. The van der Waals surface area contributed by atoms with Crippen LogP contribution in [0.5, 0.6) is 0 Å². The fourth-order valence-corrected chi connectivity index (χ4v) is 5.84. The first kappa shape index (κ1) is 28.0. The van der Waals surface area contributed by atoms with Crippen LogP contribution in [0.4, 0.5) is 17.3 Å². The Morgan fingerprint density at radius 1 is 0.718 bits per heavy atom. The van der Waals surface area contributed by atoms with Crippen LogP contribution in [0.25, 0.3) is 0 Å². The summed E-state index contributed by atoms with van der Waals surface area (Å²) < 4.78 is 55.5. The van der Waals surface area contributed by atoms with E-state index in [2.05, 4.69) is 24.7 Å². The number of benzene rings is 3. The molecule has 0 radical (unpaired) electrons. The third-order valence-corrected chi connectivity index (χ3v) is 8.48. The van der Waals surface area contributed by atoms with Crippen molar-refractivity contribution in [3.8, 4) is 0 Å². The largest absolute Gasteiger partial charge is 0.322 e. The van der Waals surface area contributed by atoms with Gasteiger partial charge < -0.3 is 5.32 Å². The molecule has 0 saturated heterocycles. The van der Waals surface area contributed by atoms with Crippen LogP contribution < -0.4 is 14.8 Å². The van der Waals surface area contributed by atoms with E-state index in [1.807, 2.05) is 6.92 Å². The van der Waals surface area contributed by atoms with Crippen LogP contribution in [0, 0.1) is 20.8 Å². The second kappa shape index (κ2) is 11.0. The number of hydrogen-bond acceptors (Lipinski definition) is 7. The number of carbonyl (C=O) groups is 1. The van der Waals surface area contributed by atoms with Gasteiger partial charge in [0.1, 0.15) is 0 Å². The van der Waals surface area contributed by atoms with Crippen molar-refractivity contribution in [1.29, 1.82) is 0 Å². The minimum absolute atomic E-state index is 0.0273. The summed E-state index contributed by atoms with van der Waals surface area (Å²) in [6.07, 6.45) is 0. The standard InChI is InChI=1S/C26H24ClN5O5S2/c1-16-4-9-21(10-5-16)38(34,35)31-24-13-6-19(15-23(24)27)25(33)30-20-7-11-22(12-8-20)39(36,37)32-26-28-17(2)14-18(3)29-26/h4-15,31H,1-3H3,(H,30,33)(H,28,29,32). The zero-order chi connectivity index (χ0) is 28.4. The van der Waals surface area contributed by atoms with Crippen molar-refractivity contribution in [2.75, 3.05) is 14.8 Å². The Bertz CT molecular complexity index is 1740. The van der Waals surface area contributed by atoms with E-state index in [0.29, 0.717) is 17.1 Å². The van der Waals surface area contributed by atoms with Gasteiger partial charge in [-0.1, -0.05) is 29.3 Å². The molecule has 4 aromatic rings. The topological polar surface area (TPSA) is 147 Å². The summed E-state index contributed by atoms with van der Waals surface area (Å²) in [7, 11) is -7.83. The second-order valence-corrected chi connectivity index (χ2v) is 12.4. The summed E-state index contributed by atoms with van der Waals surface area (Å²) >= 11 is 6.26. The van der Waals surface area contributed by atoms with Gasteiger partial charge >= 0.3 is 0 Å². The first-order valence-corrected chi connectivity index (χ1v) is 14.8. The van der Waals surface area contributed by atoms with E-state index in [4.69, 9.17) is 11.6 Å². The lowest BCUT2D eigenvalue weighted by Gasteiger charge is -2.12. The van der Waals surface area contributed by atoms with Crippen molar-refractivity contribution in [3.63, 3.8) is 0 Å². The number of nitrogens with one attached hydrogen (secondary N) is 3. The van der Waals surface area contributed by atoms with Crippen molar-refractivity contribution >= 4 is 54.9 Å². The molecule has 39 heavy (non-hydrogen) atoms. The number of sulfonamides is 2. The molecule has 0 unspecified atom stereocenters. The molecule has 3 N–H and O–H groups in total. The van der Waals surface area contributed by atoms with Crippen LogP contribution >= 0.6 is 11.6 Å². The fourth-order valence-electron chi connectivity index (χ4n) is 3.53. The first-order chi connectivity index (χ1) is 18.3. The molecule has 0 aliphatic rings. The van der Waals surface area contributed by atoms with Gasteiger partial charge in [-0.3, -0.25) is 9.52 Å². The van der Waals surface area contributed by atoms with Gasteiger partial charge in [-0.2, -0.15) is 0 Å². The van der Waals surface area contributed by atoms with Crippen LogP contribution in [0.1, 0.15) is 27.3 Å². The number of amides is 1. The minimum Gasteiger partial charge on any atom is -0.322 e. The third kappa shape index (κ3) is 6.91. The molecule has 4 rings (SSSR count). The number of rotatable bonds is 8. The lowest BCUT2D eigenvalue weighted by molar-refractivity contribution is 0.102. The molecule has 0 saturated carbocycles. The Hall–Kier alpha value is -4.00. The first-order valence-electron chi connectivity index (χ1n) is 11.5. The summed E-state index contributed by atoms with van der Waals surface area (Å²) in [5.74, 6) is -0.562. The second-order valence-electron chi connectivity index (χ2n) is 8.67. The van der Waals surface area contributed by atoms with Crippen LogP contribution in [0.3, 0.4) is 0 Å². The molecular formula is C26H24ClN5O5S2.